The third kappa shape index (κ3) is 3.18. The molecule has 1 N–H and O–H groups in total. The van der Waals surface area contributed by atoms with Gasteiger partial charge in [-0.15, -0.1) is 0 Å². The summed E-state index contributed by atoms with van der Waals surface area (Å²) in [6.07, 6.45) is 2.88. The van der Waals surface area contributed by atoms with Gasteiger partial charge in [-0.25, -0.2) is 4.98 Å². The summed E-state index contributed by atoms with van der Waals surface area (Å²) in [5.41, 5.74) is 1.04. The molecule has 1 aromatic rings. The van der Waals surface area contributed by atoms with E-state index in [0.717, 1.165) is 12.1 Å². The minimum absolute atomic E-state index is 0.498. The van der Waals surface area contributed by atoms with Crippen molar-refractivity contribution < 1.29 is 0 Å². The summed E-state index contributed by atoms with van der Waals surface area (Å²) in [4.78, 5) is 4.03. The molecule has 0 saturated heterocycles. The van der Waals surface area contributed by atoms with Crippen molar-refractivity contribution in [2.75, 3.05) is 5.32 Å². The number of rotatable bonds is 4. The molecule has 0 aliphatic heterocycles. The lowest BCUT2D eigenvalue weighted by Crippen LogP contribution is -2.24. The van der Waals surface area contributed by atoms with Gasteiger partial charge in [0.15, 0.2) is 0 Å². The van der Waals surface area contributed by atoms with Crippen LogP contribution in [0.3, 0.4) is 0 Å². The van der Waals surface area contributed by atoms with Crippen molar-refractivity contribution in [3.05, 3.63) is 23.5 Å². The quantitative estimate of drug-likeness (QED) is 0.772. The second-order valence-electron chi connectivity index (χ2n) is 3.77. The molecule has 0 aromatic carbocycles. The SMILES string of the molecule is CCC(Nc1ccc(Cl)nc1)C(C)C. The minimum atomic E-state index is 0.498. The van der Waals surface area contributed by atoms with E-state index in [-0.39, 0.29) is 0 Å². The van der Waals surface area contributed by atoms with E-state index in [1.165, 1.54) is 0 Å². The van der Waals surface area contributed by atoms with E-state index in [2.05, 4.69) is 31.1 Å². The first-order chi connectivity index (χ1) is 6.63. The molecule has 78 valence electrons. The lowest BCUT2D eigenvalue weighted by atomic mass is 10.0. The van der Waals surface area contributed by atoms with E-state index < -0.39 is 0 Å². The molecule has 0 amide bonds. The summed E-state index contributed by atoms with van der Waals surface area (Å²) in [5.74, 6) is 0.621. The van der Waals surface area contributed by atoms with E-state index in [9.17, 15) is 0 Å². The van der Waals surface area contributed by atoms with Crippen molar-refractivity contribution in [3.8, 4) is 0 Å². The predicted octanol–water partition coefficient (Wildman–Crippen LogP) is 3.58. The molecule has 1 aromatic heterocycles. The van der Waals surface area contributed by atoms with Gasteiger partial charge in [0.05, 0.1) is 11.9 Å². The van der Waals surface area contributed by atoms with E-state index in [1.807, 2.05) is 6.07 Å². The Morgan fingerprint density at radius 2 is 2.14 bits per heavy atom. The van der Waals surface area contributed by atoms with Gasteiger partial charge in [-0.3, -0.25) is 0 Å². The van der Waals surface area contributed by atoms with E-state index in [1.54, 1.807) is 12.3 Å². The van der Waals surface area contributed by atoms with Gasteiger partial charge < -0.3 is 5.32 Å². The van der Waals surface area contributed by atoms with Crippen LogP contribution in [-0.4, -0.2) is 11.0 Å². The Bertz CT molecular complexity index is 269. The first-order valence-electron chi connectivity index (χ1n) is 5.01. The average Bonchev–Trinajstić information content (AvgIpc) is 2.16. The molecule has 0 spiro atoms. The van der Waals surface area contributed by atoms with Crippen LogP contribution in [-0.2, 0) is 0 Å². The molecule has 1 unspecified atom stereocenters. The largest absolute Gasteiger partial charge is 0.381 e. The number of anilines is 1. The number of hydrogen-bond acceptors (Lipinski definition) is 2. The van der Waals surface area contributed by atoms with Gasteiger partial charge in [0.25, 0.3) is 0 Å². The Morgan fingerprint density at radius 3 is 2.57 bits per heavy atom. The van der Waals surface area contributed by atoms with Crippen molar-refractivity contribution in [1.29, 1.82) is 0 Å². The second-order valence-corrected chi connectivity index (χ2v) is 4.16. The lowest BCUT2D eigenvalue weighted by Gasteiger charge is -2.21. The highest BCUT2D eigenvalue weighted by Gasteiger charge is 2.10. The maximum atomic E-state index is 5.71. The molecular formula is C11H17ClN2. The van der Waals surface area contributed by atoms with Crippen LogP contribution >= 0.6 is 11.6 Å². The van der Waals surface area contributed by atoms with Gasteiger partial charge in [0.1, 0.15) is 5.15 Å². The maximum Gasteiger partial charge on any atom is 0.129 e. The Morgan fingerprint density at radius 1 is 1.43 bits per heavy atom. The highest BCUT2D eigenvalue weighted by atomic mass is 35.5. The zero-order valence-electron chi connectivity index (χ0n) is 8.92. The van der Waals surface area contributed by atoms with Crippen molar-refractivity contribution in [1.82, 2.24) is 4.98 Å². The van der Waals surface area contributed by atoms with E-state index >= 15 is 0 Å². The summed E-state index contributed by atoms with van der Waals surface area (Å²) in [7, 11) is 0. The molecule has 0 aliphatic rings. The fourth-order valence-electron chi connectivity index (χ4n) is 1.42. The number of nitrogens with zero attached hydrogens (tertiary/aromatic N) is 1. The van der Waals surface area contributed by atoms with Crippen LogP contribution in [0, 0.1) is 5.92 Å². The number of aromatic nitrogens is 1. The Balaban J connectivity index is 2.63. The van der Waals surface area contributed by atoms with Gasteiger partial charge in [-0.1, -0.05) is 32.4 Å². The van der Waals surface area contributed by atoms with Crippen LogP contribution < -0.4 is 5.32 Å². The number of nitrogens with one attached hydrogen (secondary N) is 1. The third-order valence-corrected chi connectivity index (χ3v) is 2.55. The zero-order chi connectivity index (χ0) is 10.6. The molecule has 0 bridgehead atoms. The minimum Gasteiger partial charge on any atom is -0.381 e. The molecule has 0 radical (unpaired) electrons. The van der Waals surface area contributed by atoms with Crippen LogP contribution in [0.1, 0.15) is 27.2 Å². The summed E-state index contributed by atoms with van der Waals surface area (Å²) in [6, 6.07) is 4.26. The topological polar surface area (TPSA) is 24.9 Å². The first kappa shape index (κ1) is 11.3. The fraction of sp³-hybridized carbons (Fsp3) is 0.545. The number of pyridine rings is 1. The molecule has 0 aliphatic carbocycles. The molecule has 14 heavy (non-hydrogen) atoms. The molecule has 0 saturated carbocycles. The molecule has 1 atom stereocenters. The Kier molecular flexibility index (Phi) is 4.21. The summed E-state index contributed by atoms with van der Waals surface area (Å²) < 4.78 is 0. The number of hydrogen-bond donors (Lipinski definition) is 1. The average molecular weight is 213 g/mol. The molecule has 2 nitrogen and oxygen atoms in total. The number of halogens is 1. The Hall–Kier alpha value is -0.760. The summed E-state index contributed by atoms with van der Waals surface area (Å²) >= 11 is 5.71. The third-order valence-electron chi connectivity index (χ3n) is 2.32. The lowest BCUT2D eigenvalue weighted by molar-refractivity contribution is 0.511. The zero-order valence-corrected chi connectivity index (χ0v) is 9.67. The van der Waals surface area contributed by atoms with Crippen LogP contribution in [0.15, 0.2) is 18.3 Å². The van der Waals surface area contributed by atoms with Gasteiger partial charge in [0.2, 0.25) is 0 Å². The Labute approximate surface area is 90.7 Å². The monoisotopic (exact) mass is 212 g/mol. The van der Waals surface area contributed by atoms with Gasteiger partial charge in [0, 0.05) is 6.04 Å². The maximum absolute atomic E-state index is 5.71. The van der Waals surface area contributed by atoms with Crippen LogP contribution in [0.4, 0.5) is 5.69 Å². The van der Waals surface area contributed by atoms with Crippen molar-refractivity contribution >= 4 is 17.3 Å². The van der Waals surface area contributed by atoms with Gasteiger partial charge in [-0.2, -0.15) is 0 Å². The van der Waals surface area contributed by atoms with Crippen LogP contribution in [0.2, 0.25) is 5.15 Å². The predicted molar refractivity (Wildman–Crippen MR) is 61.8 cm³/mol. The normalized spacial score (nSPS) is 12.9. The summed E-state index contributed by atoms with van der Waals surface area (Å²) in [6.45, 7) is 6.61. The molecule has 3 heteroatoms. The van der Waals surface area contributed by atoms with Crippen molar-refractivity contribution in [3.63, 3.8) is 0 Å². The van der Waals surface area contributed by atoms with Crippen LogP contribution in [0.25, 0.3) is 0 Å². The van der Waals surface area contributed by atoms with Crippen LogP contribution in [0.5, 0.6) is 0 Å². The molecule has 0 fully saturated rings. The molecule has 1 heterocycles. The van der Waals surface area contributed by atoms with E-state index in [0.29, 0.717) is 17.1 Å². The highest BCUT2D eigenvalue weighted by Crippen LogP contribution is 2.15. The second kappa shape index (κ2) is 5.20. The van der Waals surface area contributed by atoms with E-state index in [4.69, 9.17) is 11.6 Å². The van der Waals surface area contributed by atoms with Gasteiger partial charge >= 0.3 is 0 Å². The summed E-state index contributed by atoms with van der Waals surface area (Å²) in [5, 5.41) is 3.97. The van der Waals surface area contributed by atoms with Gasteiger partial charge in [-0.05, 0) is 24.5 Å². The van der Waals surface area contributed by atoms with Crippen molar-refractivity contribution in [2.45, 2.75) is 33.2 Å². The standard InChI is InChI=1S/C11H17ClN2/c1-4-10(8(2)3)14-9-5-6-11(12)13-7-9/h5-8,10,14H,4H2,1-3H3. The first-order valence-corrected chi connectivity index (χ1v) is 5.39. The smallest absolute Gasteiger partial charge is 0.129 e. The van der Waals surface area contributed by atoms with Crippen molar-refractivity contribution in [2.24, 2.45) is 5.92 Å². The molecular weight excluding hydrogens is 196 g/mol. The highest BCUT2D eigenvalue weighted by molar-refractivity contribution is 6.29. The molecule has 1 rings (SSSR count). The fourth-order valence-corrected chi connectivity index (χ4v) is 1.53.